The van der Waals surface area contributed by atoms with E-state index in [2.05, 4.69) is 43.9 Å². The van der Waals surface area contributed by atoms with E-state index in [1.54, 1.807) is 14.2 Å². The summed E-state index contributed by atoms with van der Waals surface area (Å²) in [5.41, 5.74) is 2.80. The van der Waals surface area contributed by atoms with Gasteiger partial charge in [0, 0.05) is 31.2 Å². The number of nitrogens with zero attached hydrogens (tertiary/aromatic N) is 3. The van der Waals surface area contributed by atoms with Gasteiger partial charge in [-0.05, 0) is 59.6 Å². The second kappa shape index (κ2) is 11.3. The van der Waals surface area contributed by atoms with E-state index in [0.717, 1.165) is 30.1 Å². The summed E-state index contributed by atoms with van der Waals surface area (Å²) in [7, 11) is 3.24. The number of halogens is 1. The Morgan fingerprint density at radius 1 is 1.14 bits per heavy atom. The molecule has 0 bridgehead atoms. The first-order valence-corrected chi connectivity index (χ1v) is 13.4. The molecule has 1 saturated carbocycles. The van der Waals surface area contributed by atoms with Gasteiger partial charge in [0.25, 0.3) is 0 Å². The van der Waals surface area contributed by atoms with Crippen LogP contribution in [-0.2, 0) is 11.3 Å². The lowest BCUT2D eigenvalue weighted by Crippen LogP contribution is -2.35. The predicted molar refractivity (Wildman–Crippen MR) is 145 cm³/mol. The van der Waals surface area contributed by atoms with Gasteiger partial charge in [0.05, 0.1) is 13.7 Å². The summed E-state index contributed by atoms with van der Waals surface area (Å²) in [5.74, 6) is 1.70. The van der Waals surface area contributed by atoms with Gasteiger partial charge in [-0.1, -0.05) is 50.6 Å². The summed E-state index contributed by atoms with van der Waals surface area (Å²) in [6.45, 7) is 9.25. The van der Waals surface area contributed by atoms with E-state index in [0.29, 0.717) is 22.8 Å². The molecule has 0 unspecified atom stereocenters. The number of imide groups is 1. The molecule has 1 aliphatic carbocycles. The highest BCUT2D eigenvalue weighted by atomic mass is 35.5. The third kappa shape index (κ3) is 6.39. The molecule has 2 aliphatic rings. The first-order chi connectivity index (χ1) is 17.6. The van der Waals surface area contributed by atoms with Crippen molar-refractivity contribution >= 4 is 23.5 Å². The minimum Gasteiger partial charge on any atom is -0.493 e. The van der Waals surface area contributed by atoms with E-state index < -0.39 is 0 Å². The Balaban J connectivity index is 1.46. The SMILES string of the molecule is CC[C@@H](c1ccc(Cl)cc1)N(Cc1ccc(OCCN2C(=O)CN(C)C2=O)c(OC)c1)C[C@H]1CC1(C)C. The van der Waals surface area contributed by atoms with Crippen LogP contribution in [0.25, 0.3) is 0 Å². The van der Waals surface area contributed by atoms with Crippen LogP contribution in [0.1, 0.15) is 50.8 Å². The number of likely N-dealkylation sites (N-methyl/N-ethyl adjacent to an activating group) is 1. The molecule has 7 nitrogen and oxygen atoms in total. The monoisotopic (exact) mass is 527 g/mol. The van der Waals surface area contributed by atoms with Gasteiger partial charge < -0.3 is 14.4 Å². The fourth-order valence-corrected chi connectivity index (χ4v) is 5.29. The summed E-state index contributed by atoms with van der Waals surface area (Å²) >= 11 is 6.17. The van der Waals surface area contributed by atoms with Crippen LogP contribution < -0.4 is 9.47 Å². The molecule has 8 heteroatoms. The molecule has 4 rings (SSSR count). The van der Waals surface area contributed by atoms with Gasteiger partial charge in [0.1, 0.15) is 13.2 Å². The van der Waals surface area contributed by atoms with E-state index in [1.807, 2.05) is 24.3 Å². The van der Waals surface area contributed by atoms with Crippen LogP contribution in [0.5, 0.6) is 11.5 Å². The molecule has 0 radical (unpaired) electrons. The Hall–Kier alpha value is -2.77. The summed E-state index contributed by atoms with van der Waals surface area (Å²) < 4.78 is 11.6. The maximum Gasteiger partial charge on any atom is 0.327 e. The molecule has 2 aromatic carbocycles. The number of rotatable bonds is 12. The average Bonchev–Trinajstić information content (AvgIpc) is 3.39. The number of hydrogen-bond acceptors (Lipinski definition) is 5. The summed E-state index contributed by atoms with van der Waals surface area (Å²) in [4.78, 5) is 29.3. The average molecular weight is 528 g/mol. The van der Waals surface area contributed by atoms with E-state index in [4.69, 9.17) is 21.1 Å². The molecule has 3 amide bonds. The quantitative estimate of drug-likeness (QED) is 0.335. The lowest BCUT2D eigenvalue weighted by atomic mass is 10.0. The van der Waals surface area contributed by atoms with Crippen LogP contribution in [0.15, 0.2) is 42.5 Å². The fraction of sp³-hybridized carbons (Fsp3) is 0.517. The van der Waals surface area contributed by atoms with Gasteiger partial charge >= 0.3 is 6.03 Å². The number of ether oxygens (including phenoxy) is 2. The highest BCUT2D eigenvalue weighted by Crippen LogP contribution is 2.52. The highest BCUT2D eigenvalue weighted by molar-refractivity contribution is 6.30. The van der Waals surface area contributed by atoms with Gasteiger partial charge in [-0.15, -0.1) is 0 Å². The smallest absolute Gasteiger partial charge is 0.327 e. The molecule has 1 saturated heterocycles. The number of carbonyl (C=O) groups excluding carboxylic acids is 2. The molecular weight excluding hydrogens is 490 g/mol. The Morgan fingerprint density at radius 3 is 2.41 bits per heavy atom. The molecule has 2 aromatic rings. The molecule has 0 N–H and O–H groups in total. The fourth-order valence-electron chi connectivity index (χ4n) is 5.16. The van der Waals surface area contributed by atoms with Crippen LogP contribution in [0, 0.1) is 11.3 Å². The van der Waals surface area contributed by atoms with Crippen LogP contribution in [0.4, 0.5) is 4.79 Å². The Morgan fingerprint density at radius 2 is 1.84 bits per heavy atom. The van der Waals surface area contributed by atoms with E-state index in [1.165, 1.54) is 21.8 Å². The number of benzene rings is 2. The summed E-state index contributed by atoms with van der Waals surface area (Å²) in [6, 6.07) is 14.2. The van der Waals surface area contributed by atoms with Crippen molar-refractivity contribution in [2.24, 2.45) is 11.3 Å². The third-order valence-electron chi connectivity index (χ3n) is 7.67. The molecule has 2 fully saturated rings. The Kier molecular flexibility index (Phi) is 8.34. The number of urea groups is 1. The molecule has 1 aliphatic heterocycles. The topological polar surface area (TPSA) is 62.3 Å². The predicted octanol–water partition coefficient (Wildman–Crippen LogP) is 5.62. The molecule has 2 atom stereocenters. The van der Waals surface area contributed by atoms with Crippen molar-refractivity contribution in [2.45, 2.75) is 46.2 Å². The zero-order valence-electron chi connectivity index (χ0n) is 22.5. The summed E-state index contributed by atoms with van der Waals surface area (Å²) in [6.07, 6.45) is 2.24. The number of carbonyl (C=O) groups is 2. The van der Waals surface area contributed by atoms with Crippen molar-refractivity contribution < 1.29 is 19.1 Å². The Labute approximate surface area is 225 Å². The molecule has 0 aromatic heterocycles. The van der Waals surface area contributed by atoms with Crippen molar-refractivity contribution in [2.75, 3.05) is 40.4 Å². The van der Waals surface area contributed by atoms with Crippen molar-refractivity contribution in [1.82, 2.24) is 14.7 Å². The number of hydrogen-bond donors (Lipinski definition) is 0. The van der Waals surface area contributed by atoms with Crippen molar-refractivity contribution in [3.05, 3.63) is 58.6 Å². The van der Waals surface area contributed by atoms with Crippen LogP contribution in [0.2, 0.25) is 5.02 Å². The molecular formula is C29H38ClN3O4. The maximum absolute atomic E-state index is 12.1. The van der Waals surface area contributed by atoms with Crippen LogP contribution in [0.3, 0.4) is 0 Å². The molecule has 1 heterocycles. The van der Waals surface area contributed by atoms with Crippen LogP contribution >= 0.6 is 11.6 Å². The molecule has 37 heavy (non-hydrogen) atoms. The van der Waals surface area contributed by atoms with Gasteiger partial charge in [-0.3, -0.25) is 14.6 Å². The van der Waals surface area contributed by atoms with E-state index in [9.17, 15) is 9.59 Å². The normalized spacial score (nSPS) is 19.5. The van der Waals surface area contributed by atoms with Gasteiger partial charge in [0.15, 0.2) is 11.5 Å². The van der Waals surface area contributed by atoms with Gasteiger partial charge in [0.2, 0.25) is 5.91 Å². The zero-order chi connectivity index (χ0) is 26.7. The van der Waals surface area contributed by atoms with Gasteiger partial charge in [-0.2, -0.15) is 0 Å². The van der Waals surface area contributed by atoms with Crippen molar-refractivity contribution in [1.29, 1.82) is 0 Å². The second-order valence-electron chi connectivity index (χ2n) is 10.8. The largest absolute Gasteiger partial charge is 0.493 e. The minimum atomic E-state index is -0.291. The van der Waals surface area contributed by atoms with Gasteiger partial charge in [-0.25, -0.2) is 4.79 Å². The van der Waals surface area contributed by atoms with Crippen molar-refractivity contribution in [3.63, 3.8) is 0 Å². The lowest BCUT2D eigenvalue weighted by Gasteiger charge is -2.32. The zero-order valence-corrected chi connectivity index (χ0v) is 23.3. The first kappa shape index (κ1) is 27.3. The molecule has 0 spiro atoms. The highest BCUT2D eigenvalue weighted by Gasteiger charge is 2.46. The summed E-state index contributed by atoms with van der Waals surface area (Å²) in [5, 5.41) is 0.749. The standard InChI is InChI=1S/C29H38ClN3O4/c1-6-24(21-8-10-23(30)11-9-21)32(18-22-16-29(22,2)3)17-20-7-12-25(26(15-20)36-5)37-14-13-33-27(34)19-31(4)28(33)35/h7-12,15,22,24H,6,13-14,16-19H2,1-5H3/t22-,24+/m1/s1. The number of amides is 3. The van der Waals surface area contributed by atoms with E-state index >= 15 is 0 Å². The second-order valence-corrected chi connectivity index (χ2v) is 11.2. The third-order valence-corrected chi connectivity index (χ3v) is 7.92. The van der Waals surface area contributed by atoms with Crippen LogP contribution in [-0.4, -0.2) is 67.0 Å². The van der Waals surface area contributed by atoms with E-state index in [-0.39, 0.29) is 37.7 Å². The Bertz CT molecular complexity index is 1120. The first-order valence-electron chi connectivity index (χ1n) is 13.0. The number of methoxy groups -OCH3 is 1. The molecule has 200 valence electrons. The van der Waals surface area contributed by atoms with Crippen molar-refractivity contribution in [3.8, 4) is 11.5 Å². The minimum absolute atomic E-state index is 0.111. The lowest BCUT2D eigenvalue weighted by molar-refractivity contribution is -0.125. The maximum atomic E-state index is 12.1.